The van der Waals surface area contributed by atoms with Gasteiger partial charge in [0, 0.05) is 18.5 Å². The van der Waals surface area contributed by atoms with E-state index in [0.717, 1.165) is 25.2 Å². The molecule has 0 aromatic carbocycles. The van der Waals surface area contributed by atoms with Gasteiger partial charge < -0.3 is 9.64 Å². The van der Waals surface area contributed by atoms with E-state index in [1.165, 1.54) is 18.6 Å². The van der Waals surface area contributed by atoms with Crippen molar-refractivity contribution in [3.05, 3.63) is 29.3 Å². The molecule has 0 spiro atoms. The predicted molar refractivity (Wildman–Crippen MR) is 89.8 cm³/mol. The van der Waals surface area contributed by atoms with Crippen molar-refractivity contribution in [3.63, 3.8) is 0 Å². The number of hydrogen-bond donors (Lipinski definition) is 1. The van der Waals surface area contributed by atoms with Gasteiger partial charge in [0.15, 0.2) is 11.5 Å². The van der Waals surface area contributed by atoms with Gasteiger partial charge in [-0.1, -0.05) is 0 Å². The number of ether oxygens (including phenoxy) is 1. The van der Waals surface area contributed by atoms with Crippen LogP contribution in [0, 0.1) is 0 Å². The molecule has 24 heavy (non-hydrogen) atoms. The summed E-state index contributed by atoms with van der Waals surface area (Å²) in [4.78, 5) is 32.8. The summed E-state index contributed by atoms with van der Waals surface area (Å²) >= 11 is 1.27. The minimum atomic E-state index is -0.523. The molecule has 2 aliphatic rings. The zero-order valence-electron chi connectivity index (χ0n) is 12.9. The molecule has 0 saturated carbocycles. The number of methoxy groups -OCH3 is 1. The number of esters is 1. The monoisotopic (exact) mass is 345 g/mol. The predicted octanol–water partition coefficient (Wildman–Crippen LogP) is 1.96. The number of urea groups is 1. The summed E-state index contributed by atoms with van der Waals surface area (Å²) in [7, 11) is 1.31. The van der Waals surface area contributed by atoms with E-state index in [4.69, 9.17) is 4.74 Å². The zero-order chi connectivity index (χ0) is 16.7. The summed E-state index contributed by atoms with van der Waals surface area (Å²) in [6, 6.07) is 4.92. The Balaban J connectivity index is 1.72. The number of anilines is 3. The number of pyridine rings is 1. The van der Waals surface area contributed by atoms with Gasteiger partial charge in [-0.15, -0.1) is 0 Å². The van der Waals surface area contributed by atoms with Gasteiger partial charge in [0.1, 0.15) is 5.82 Å². The van der Waals surface area contributed by atoms with E-state index < -0.39 is 5.97 Å². The lowest BCUT2D eigenvalue weighted by Crippen LogP contribution is -2.48. The van der Waals surface area contributed by atoms with Gasteiger partial charge >= 0.3 is 12.0 Å². The molecule has 2 amide bonds. The highest BCUT2D eigenvalue weighted by atomic mass is 32.1. The van der Waals surface area contributed by atoms with E-state index in [-0.39, 0.29) is 17.8 Å². The van der Waals surface area contributed by atoms with Crippen molar-refractivity contribution in [2.45, 2.75) is 12.5 Å². The maximum absolute atomic E-state index is 12.8. The number of aromatic nitrogens is 2. The molecule has 1 fully saturated rings. The molecule has 4 rings (SSSR count). The number of fused-ring (bicyclic) bond motifs is 4. The highest BCUT2D eigenvalue weighted by Crippen LogP contribution is 2.39. The Hall–Kier alpha value is -2.68. The van der Waals surface area contributed by atoms with Crippen LogP contribution in [0.15, 0.2) is 23.6 Å². The molecule has 8 nitrogen and oxygen atoms in total. The fourth-order valence-electron chi connectivity index (χ4n) is 3.14. The zero-order valence-corrected chi connectivity index (χ0v) is 13.7. The van der Waals surface area contributed by atoms with E-state index in [1.807, 2.05) is 6.07 Å². The van der Waals surface area contributed by atoms with Gasteiger partial charge in [-0.3, -0.25) is 10.2 Å². The van der Waals surface area contributed by atoms with E-state index in [2.05, 4.69) is 19.6 Å². The summed E-state index contributed by atoms with van der Waals surface area (Å²) < 4.78 is 8.84. The average molecular weight is 345 g/mol. The third-order valence-electron chi connectivity index (χ3n) is 4.24. The summed E-state index contributed by atoms with van der Waals surface area (Å²) in [5.41, 5.74) is 1.04. The number of nitrogens with zero attached hydrogens (tertiary/aromatic N) is 4. The van der Waals surface area contributed by atoms with E-state index >= 15 is 0 Å². The fourth-order valence-corrected chi connectivity index (χ4v) is 3.61. The molecule has 4 heterocycles. The Morgan fingerprint density at radius 3 is 3.00 bits per heavy atom. The standard InChI is InChI=1S/C15H15N5O3S/c1-23-14(21)10-2-3-11-13(16-10)20(9-4-6-19(11)8-9)15(22)17-12-5-7-24-18-12/h2-3,5,7,9H,4,6,8H2,1H3,(H,17,18,22)/t9-/m0/s1. The second-order valence-electron chi connectivity index (χ2n) is 5.60. The molecule has 1 saturated heterocycles. The minimum Gasteiger partial charge on any atom is -0.464 e. The van der Waals surface area contributed by atoms with Crippen molar-refractivity contribution in [2.75, 3.05) is 35.3 Å². The number of hydrogen-bond acceptors (Lipinski definition) is 7. The minimum absolute atomic E-state index is 0.0246. The Morgan fingerprint density at radius 2 is 2.25 bits per heavy atom. The number of carbonyl (C=O) groups excluding carboxylic acids is 2. The third kappa shape index (κ3) is 2.37. The van der Waals surface area contributed by atoms with Crippen molar-refractivity contribution in [2.24, 2.45) is 0 Å². The molecule has 1 atom stereocenters. The molecule has 2 aromatic rings. The highest BCUT2D eigenvalue weighted by Gasteiger charge is 2.40. The van der Waals surface area contributed by atoms with Gasteiger partial charge in [0.25, 0.3) is 0 Å². The van der Waals surface area contributed by atoms with Crippen molar-refractivity contribution in [1.82, 2.24) is 9.36 Å². The number of rotatable bonds is 2. The summed E-state index contributed by atoms with van der Waals surface area (Å²) in [5.74, 6) is 0.473. The lowest BCUT2D eigenvalue weighted by Gasteiger charge is -2.35. The molecule has 2 aliphatic heterocycles. The maximum atomic E-state index is 12.8. The highest BCUT2D eigenvalue weighted by molar-refractivity contribution is 7.03. The first-order valence-corrected chi connectivity index (χ1v) is 8.36. The van der Waals surface area contributed by atoms with E-state index in [0.29, 0.717) is 11.6 Å². The van der Waals surface area contributed by atoms with Crippen LogP contribution in [0.1, 0.15) is 16.9 Å². The normalized spacial score (nSPS) is 18.3. The molecule has 9 heteroatoms. The molecule has 1 N–H and O–H groups in total. The Morgan fingerprint density at radius 1 is 1.38 bits per heavy atom. The van der Waals surface area contributed by atoms with Crippen molar-refractivity contribution in [3.8, 4) is 0 Å². The fraction of sp³-hybridized carbons (Fsp3) is 0.333. The van der Waals surface area contributed by atoms with Crippen molar-refractivity contribution < 1.29 is 14.3 Å². The molecule has 2 bridgehead atoms. The smallest absolute Gasteiger partial charge is 0.356 e. The van der Waals surface area contributed by atoms with Crippen LogP contribution >= 0.6 is 11.5 Å². The second-order valence-corrected chi connectivity index (χ2v) is 6.27. The van der Waals surface area contributed by atoms with Crippen LogP contribution in [0.4, 0.5) is 22.1 Å². The van der Waals surface area contributed by atoms with Crippen LogP contribution in [0.25, 0.3) is 0 Å². The van der Waals surface area contributed by atoms with Gasteiger partial charge in [-0.05, 0) is 36.2 Å². The number of carbonyl (C=O) groups is 2. The van der Waals surface area contributed by atoms with Crippen LogP contribution in [-0.2, 0) is 4.74 Å². The Labute approximate surface area is 142 Å². The number of amides is 2. The average Bonchev–Trinajstić information content (AvgIpc) is 3.25. The van der Waals surface area contributed by atoms with Crippen molar-refractivity contribution >= 4 is 40.9 Å². The second kappa shape index (κ2) is 5.75. The maximum Gasteiger partial charge on any atom is 0.356 e. The first-order valence-electron chi connectivity index (χ1n) is 7.52. The molecule has 124 valence electrons. The molecule has 0 aliphatic carbocycles. The summed E-state index contributed by atoms with van der Waals surface area (Å²) in [5, 5.41) is 4.59. The van der Waals surface area contributed by atoms with Gasteiger partial charge in [0.05, 0.1) is 18.8 Å². The lowest BCUT2D eigenvalue weighted by molar-refractivity contribution is 0.0594. The molecular formula is C15H15N5O3S. The van der Waals surface area contributed by atoms with Crippen LogP contribution in [0.3, 0.4) is 0 Å². The van der Waals surface area contributed by atoms with Gasteiger partial charge in [-0.25, -0.2) is 14.6 Å². The Bertz CT molecular complexity index is 794. The third-order valence-corrected chi connectivity index (χ3v) is 4.80. The van der Waals surface area contributed by atoms with Crippen LogP contribution in [-0.4, -0.2) is 47.6 Å². The summed E-state index contributed by atoms with van der Waals surface area (Å²) in [6.45, 7) is 1.62. The first kappa shape index (κ1) is 14.9. The van der Waals surface area contributed by atoms with Crippen LogP contribution in [0.2, 0.25) is 0 Å². The molecule has 2 aromatic heterocycles. The Kier molecular flexibility index (Phi) is 3.57. The SMILES string of the molecule is COC(=O)c1ccc2c(n1)N(C(=O)Nc1ccsn1)[C@H]1CCN2C1. The van der Waals surface area contributed by atoms with E-state index in [1.54, 1.807) is 22.4 Å². The molecule has 0 unspecified atom stereocenters. The largest absolute Gasteiger partial charge is 0.464 e. The van der Waals surface area contributed by atoms with Gasteiger partial charge in [0.2, 0.25) is 0 Å². The van der Waals surface area contributed by atoms with Crippen LogP contribution < -0.4 is 15.1 Å². The molecule has 0 radical (unpaired) electrons. The summed E-state index contributed by atoms with van der Waals surface area (Å²) in [6.07, 6.45) is 0.856. The van der Waals surface area contributed by atoms with Gasteiger partial charge in [-0.2, -0.15) is 4.37 Å². The van der Waals surface area contributed by atoms with Crippen LogP contribution in [0.5, 0.6) is 0 Å². The van der Waals surface area contributed by atoms with E-state index in [9.17, 15) is 9.59 Å². The lowest BCUT2D eigenvalue weighted by atomic mass is 10.2. The quantitative estimate of drug-likeness (QED) is 0.837. The first-order chi connectivity index (χ1) is 11.7. The molecular weight excluding hydrogens is 330 g/mol. The van der Waals surface area contributed by atoms with Crippen molar-refractivity contribution in [1.29, 1.82) is 0 Å². The number of nitrogens with one attached hydrogen (secondary N) is 1. The topological polar surface area (TPSA) is 87.7 Å².